The molecule has 1 spiro atoms. The number of thiophene rings is 1. The summed E-state index contributed by atoms with van der Waals surface area (Å²) in [5.41, 5.74) is 4.41. The summed E-state index contributed by atoms with van der Waals surface area (Å²) < 4.78 is 25.4. The van der Waals surface area contributed by atoms with Crippen molar-refractivity contribution in [2.24, 2.45) is 0 Å². The Morgan fingerprint density at radius 1 is 1.14 bits per heavy atom. The smallest absolute Gasteiger partial charge is 0.198 e. The van der Waals surface area contributed by atoms with Crippen molar-refractivity contribution in [2.45, 2.75) is 50.8 Å². The van der Waals surface area contributed by atoms with Gasteiger partial charge in [0, 0.05) is 28.2 Å². The Hall–Kier alpha value is -2.05. The van der Waals surface area contributed by atoms with E-state index >= 15 is 0 Å². The van der Waals surface area contributed by atoms with Crippen LogP contribution in [0.1, 0.15) is 41.3 Å². The first-order chi connectivity index (χ1) is 14.0. The first kappa shape index (κ1) is 18.9. The van der Waals surface area contributed by atoms with Crippen LogP contribution in [-0.4, -0.2) is 17.3 Å². The Labute approximate surface area is 173 Å². The number of benzene rings is 2. The van der Waals surface area contributed by atoms with E-state index in [1.807, 2.05) is 19.1 Å². The molecule has 150 valence electrons. The minimum atomic E-state index is -0.822. The van der Waals surface area contributed by atoms with Crippen molar-refractivity contribution in [3.63, 3.8) is 0 Å². The maximum Gasteiger partial charge on any atom is 0.198 e. The zero-order chi connectivity index (χ0) is 20.0. The molecule has 5 heteroatoms. The van der Waals surface area contributed by atoms with Crippen LogP contribution in [0.3, 0.4) is 0 Å². The van der Waals surface area contributed by atoms with Gasteiger partial charge in [-0.2, -0.15) is 0 Å². The molecule has 1 fully saturated rings. The fraction of sp³-hybridized carbons (Fsp3) is 0.333. The third-order valence-corrected chi connectivity index (χ3v) is 6.85. The number of ether oxygens (including phenoxy) is 2. The van der Waals surface area contributed by atoms with E-state index in [0.717, 1.165) is 28.0 Å². The van der Waals surface area contributed by atoms with E-state index in [9.17, 15) is 9.50 Å². The molecular weight excluding hydrogens is 387 g/mol. The van der Waals surface area contributed by atoms with Gasteiger partial charge in [0.05, 0.1) is 18.8 Å². The number of halogens is 1. The molecule has 5 rings (SSSR count). The van der Waals surface area contributed by atoms with Crippen molar-refractivity contribution in [3.8, 4) is 10.4 Å². The van der Waals surface area contributed by atoms with Crippen LogP contribution < -0.4 is 0 Å². The minimum Gasteiger partial charge on any atom is -0.393 e. The maximum absolute atomic E-state index is 13.2. The quantitative estimate of drug-likeness (QED) is 0.629. The molecular formula is C24H23FO3S. The normalized spacial score (nSPS) is 26.0. The van der Waals surface area contributed by atoms with Gasteiger partial charge in [0.1, 0.15) is 5.82 Å². The van der Waals surface area contributed by atoms with Gasteiger partial charge in [-0.05, 0) is 60.4 Å². The van der Waals surface area contributed by atoms with Gasteiger partial charge in [-0.25, -0.2) is 4.39 Å². The highest BCUT2D eigenvalue weighted by atomic mass is 32.1. The lowest BCUT2D eigenvalue weighted by Crippen LogP contribution is -2.43. The lowest BCUT2D eigenvalue weighted by molar-refractivity contribution is -0.295. The lowest BCUT2D eigenvalue weighted by Gasteiger charge is -2.39. The van der Waals surface area contributed by atoms with E-state index < -0.39 is 11.9 Å². The molecule has 0 aliphatic carbocycles. The van der Waals surface area contributed by atoms with Gasteiger partial charge in [0.15, 0.2) is 5.79 Å². The molecule has 3 heterocycles. The van der Waals surface area contributed by atoms with Crippen molar-refractivity contribution >= 4 is 11.3 Å². The van der Waals surface area contributed by atoms with Gasteiger partial charge in [0.2, 0.25) is 0 Å². The summed E-state index contributed by atoms with van der Waals surface area (Å²) in [5.74, 6) is -1.04. The van der Waals surface area contributed by atoms with Gasteiger partial charge in [-0.1, -0.05) is 24.3 Å². The van der Waals surface area contributed by atoms with Gasteiger partial charge >= 0.3 is 0 Å². The highest BCUT2D eigenvalue weighted by Crippen LogP contribution is 2.46. The number of hydrogen-bond donors (Lipinski definition) is 1. The van der Waals surface area contributed by atoms with E-state index in [4.69, 9.17) is 9.47 Å². The maximum atomic E-state index is 13.2. The molecule has 0 amide bonds. The number of hydrogen-bond acceptors (Lipinski definition) is 4. The van der Waals surface area contributed by atoms with E-state index in [1.54, 1.807) is 11.3 Å². The third-order valence-electron chi connectivity index (χ3n) is 5.71. The van der Waals surface area contributed by atoms with Crippen molar-refractivity contribution in [1.82, 2.24) is 0 Å². The van der Waals surface area contributed by atoms with Gasteiger partial charge in [0.25, 0.3) is 0 Å². The van der Waals surface area contributed by atoms with Crippen molar-refractivity contribution in [1.29, 1.82) is 0 Å². The first-order valence-corrected chi connectivity index (χ1v) is 10.8. The van der Waals surface area contributed by atoms with Gasteiger partial charge in [-0.15, -0.1) is 11.3 Å². The van der Waals surface area contributed by atoms with Crippen LogP contribution in [-0.2, 0) is 28.3 Å². The zero-order valence-electron chi connectivity index (χ0n) is 16.2. The second kappa shape index (κ2) is 7.33. The van der Waals surface area contributed by atoms with E-state index in [1.165, 1.54) is 22.6 Å². The monoisotopic (exact) mass is 410 g/mol. The summed E-state index contributed by atoms with van der Waals surface area (Å²) in [7, 11) is 0. The highest BCUT2D eigenvalue weighted by Gasteiger charge is 2.47. The molecule has 1 aromatic heterocycles. The van der Waals surface area contributed by atoms with Crippen LogP contribution in [0.2, 0.25) is 0 Å². The molecule has 1 saturated heterocycles. The predicted molar refractivity (Wildman–Crippen MR) is 111 cm³/mol. The summed E-state index contributed by atoms with van der Waals surface area (Å²) in [6, 6.07) is 17.3. The number of rotatable bonds is 3. The summed E-state index contributed by atoms with van der Waals surface area (Å²) in [5, 5.41) is 10.3. The standard InChI is InChI=1S/C24H23FO3S/c1-15-10-20(26)13-24(28-15)22-12-16(2-3-18(22)14-27-24)11-21-8-9-23(29-21)17-4-6-19(25)7-5-17/h2-9,12,15,20,26H,10-11,13-14H2,1H3/t15?,20?,24-/m1/s1. The van der Waals surface area contributed by atoms with Crippen molar-refractivity contribution in [2.75, 3.05) is 0 Å². The Morgan fingerprint density at radius 2 is 1.97 bits per heavy atom. The molecule has 0 saturated carbocycles. The molecule has 2 aromatic carbocycles. The Kier molecular flexibility index (Phi) is 4.79. The van der Waals surface area contributed by atoms with Crippen LogP contribution in [0.25, 0.3) is 10.4 Å². The summed E-state index contributed by atoms with van der Waals surface area (Å²) in [6.45, 7) is 2.50. The average molecular weight is 411 g/mol. The predicted octanol–water partition coefficient (Wildman–Crippen LogP) is 5.39. The third kappa shape index (κ3) is 3.64. The molecule has 3 nitrogen and oxygen atoms in total. The van der Waals surface area contributed by atoms with Crippen LogP contribution in [0.15, 0.2) is 54.6 Å². The largest absolute Gasteiger partial charge is 0.393 e. The van der Waals surface area contributed by atoms with Crippen molar-refractivity contribution < 1.29 is 19.0 Å². The Balaban J connectivity index is 1.40. The fourth-order valence-electron chi connectivity index (χ4n) is 4.39. The number of aliphatic hydroxyl groups is 1. The molecule has 3 aromatic rings. The second-order valence-electron chi connectivity index (χ2n) is 8.00. The molecule has 29 heavy (non-hydrogen) atoms. The Bertz CT molecular complexity index is 1020. The molecule has 2 aliphatic rings. The SMILES string of the molecule is CC1CC(O)C[C@@]2(OCc3ccc(Cc4ccc(-c5ccc(F)cc5)s4)cc32)O1. The topological polar surface area (TPSA) is 38.7 Å². The van der Waals surface area contributed by atoms with Crippen LogP contribution in [0, 0.1) is 5.82 Å². The molecule has 0 radical (unpaired) electrons. The van der Waals surface area contributed by atoms with Crippen LogP contribution >= 0.6 is 11.3 Å². The first-order valence-electron chi connectivity index (χ1n) is 9.97. The fourth-order valence-corrected chi connectivity index (χ4v) is 5.44. The van der Waals surface area contributed by atoms with Gasteiger partial charge in [-0.3, -0.25) is 0 Å². The second-order valence-corrected chi connectivity index (χ2v) is 9.17. The zero-order valence-corrected chi connectivity index (χ0v) is 17.0. The summed E-state index contributed by atoms with van der Waals surface area (Å²) in [4.78, 5) is 2.38. The molecule has 1 N–H and O–H groups in total. The van der Waals surface area contributed by atoms with Crippen LogP contribution in [0.4, 0.5) is 4.39 Å². The minimum absolute atomic E-state index is 0.0380. The van der Waals surface area contributed by atoms with Gasteiger partial charge < -0.3 is 14.6 Å². The van der Waals surface area contributed by atoms with Crippen molar-refractivity contribution in [3.05, 3.63) is 82.0 Å². The average Bonchev–Trinajstić information content (AvgIpc) is 3.27. The van der Waals surface area contributed by atoms with Crippen LogP contribution in [0.5, 0.6) is 0 Å². The molecule has 2 aliphatic heterocycles. The number of aliphatic hydroxyl groups excluding tert-OH is 1. The highest BCUT2D eigenvalue weighted by molar-refractivity contribution is 7.15. The lowest BCUT2D eigenvalue weighted by atomic mass is 9.90. The number of fused-ring (bicyclic) bond motifs is 2. The van der Waals surface area contributed by atoms with E-state index in [2.05, 4.69) is 30.3 Å². The Morgan fingerprint density at radius 3 is 2.76 bits per heavy atom. The molecule has 3 atom stereocenters. The molecule has 0 bridgehead atoms. The summed E-state index contributed by atoms with van der Waals surface area (Å²) >= 11 is 1.72. The summed E-state index contributed by atoms with van der Waals surface area (Å²) in [6.07, 6.45) is 1.48. The van der Waals surface area contributed by atoms with E-state index in [-0.39, 0.29) is 11.9 Å². The molecule has 2 unspecified atom stereocenters. The van der Waals surface area contributed by atoms with E-state index in [0.29, 0.717) is 19.4 Å².